The molecule has 0 saturated heterocycles. The van der Waals surface area contributed by atoms with Gasteiger partial charge in [-0.25, -0.2) is 4.79 Å². The molecule has 98 valence electrons. The molecule has 1 heterocycles. The van der Waals surface area contributed by atoms with Crippen molar-refractivity contribution in [2.24, 2.45) is 0 Å². The molecule has 6 heteroatoms. The summed E-state index contributed by atoms with van der Waals surface area (Å²) >= 11 is 0. The highest BCUT2D eigenvalue weighted by atomic mass is 16.5. The van der Waals surface area contributed by atoms with E-state index >= 15 is 0 Å². The first-order valence-electron chi connectivity index (χ1n) is 5.51. The molecule has 1 aromatic carbocycles. The fraction of sp³-hybridized carbons (Fsp3) is 0.154. The summed E-state index contributed by atoms with van der Waals surface area (Å²) in [6.07, 6.45) is 1.31. The lowest BCUT2D eigenvalue weighted by Gasteiger charge is -2.08. The van der Waals surface area contributed by atoms with Crippen molar-refractivity contribution in [2.45, 2.75) is 6.61 Å². The summed E-state index contributed by atoms with van der Waals surface area (Å²) in [7, 11) is 1.57. The van der Waals surface area contributed by atoms with E-state index in [1.165, 1.54) is 12.3 Å². The van der Waals surface area contributed by atoms with Crippen molar-refractivity contribution in [1.82, 2.24) is 10.2 Å². The quantitative estimate of drug-likeness (QED) is 0.882. The fourth-order valence-electron chi connectivity index (χ4n) is 1.50. The number of carbonyl (C=O) groups is 1. The molecule has 0 radical (unpaired) electrons. The topological polar surface area (TPSA) is 81.5 Å². The van der Waals surface area contributed by atoms with Crippen LogP contribution in [0.3, 0.4) is 0 Å². The van der Waals surface area contributed by atoms with Crippen LogP contribution in [0.25, 0.3) is 0 Å². The third-order valence-electron chi connectivity index (χ3n) is 2.43. The monoisotopic (exact) mass is 260 g/mol. The van der Waals surface area contributed by atoms with Crippen LogP contribution in [0.5, 0.6) is 11.6 Å². The Labute approximate surface area is 109 Å². The largest absolute Gasteiger partial charge is 0.497 e. The number of aromatic carboxylic acids is 1. The van der Waals surface area contributed by atoms with Crippen LogP contribution >= 0.6 is 0 Å². The van der Waals surface area contributed by atoms with Crippen molar-refractivity contribution in [3.05, 3.63) is 47.7 Å². The van der Waals surface area contributed by atoms with Gasteiger partial charge in [0.15, 0.2) is 0 Å². The maximum absolute atomic E-state index is 11.0. The molecule has 19 heavy (non-hydrogen) atoms. The second kappa shape index (κ2) is 5.81. The predicted octanol–water partition coefficient (Wildman–Crippen LogP) is 1.76. The molecule has 0 bridgehead atoms. The Balaban J connectivity index is 2.12. The Morgan fingerprint density at radius 3 is 2.95 bits per heavy atom. The maximum Gasteiger partial charge on any atom is 0.341 e. The first kappa shape index (κ1) is 12.8. The van der Waals surface area contributed by atoms with Crippen molar-refractivity contribution in [1.29, 1.82) is 0 Å². The van der Waals surface area contributed by atoms with Gasteiger partial charge in [0.1, 0.15) is 17.9 Å². The van der Waals surface area contributed by atoms with Gasteiger partial charge in [0.05, 0.1) is 13.3 Å². The summed E-state index contributed by atoms with van der Waals surface area (Å²) in [6, 6.07) is 8.63. The van der Waals surface area contributed by atoms with Crippen LogP contribution in [0.2, 0.25) is 0 Å². The van der Waals surface area contributed by atoms with Gasteiger partial charge in [-0.1, -0.05) is 12.1 Å². The summed E-state index contributed by atoms with van der Waals surface area (Å²) in [5.41, 5.74) is 0.833. The molecule has 0 saturated carbocycles. The minimum atomic E-state index is -1.10. The number of rotatable bonds is 5. The molecule has 0 spiro atoms. The van der Waals surface area contributed by atoms with E-state index < -0.39 is 5.97 Å². The van der Waals surface area contributed by atoms with E-state index in [4.69, 9.17) is 14.6 Å². The highest BCUT2D eigenvalue weighted by Crippen LogP contribution is 2.17. The van der Waals surface area contributed by atoms with E-state index in [1.54, 1.807) is 13.2 Å². The van der Waals surface area contributed by atoms with Gasteiger partial charge < -0.3 is 14.6 Å². The lowest BCUT2D eigenvalue weighted by Crippen LogP contribution is -2.06. The molecule has 1 aromatic heterocycles. The van der Waals surface area contributed by atoms with Crippen LogP contribution in [-0.4, -0.2) is 28.4 Å². The lowest BCUT2D eigenvalue weighted by molar-refractivity contribution is 0.0690. The zero-order chi connectivity index (χ0) is 13.7. The Bertz CT molecular complexity index is 586. The van der Waals surface area contributed by atoms with Gasteiger partial charge in [0.2, 0.25) is 5.88 Å². The summed E-state index contributed by atoms with van der Waals surface area (Å²) in [5, 5.41) is 16.3. The molecule has 1 N–H and O–H groups in total. The number of hydrogen-bond donors (Lipinski definition) is 1. The number of aromatic nitrogens is 2. The number of nitrogens with zero attached hydrogens (tertiary/aromatic N) is 2. The Morgan fingerprint density at radius 2 is 2.21 bits per heavy atom. The highest BCUT2D eigenvalue weighted by Gasteiger charge is 2.12. The van der Waals surface area contributed by atoms with E-state index in [2.05, 4.69) is 10.2 Å². The number of ether oxygens (including phenoxy) is 2. The first-order chi connectivity index (χ1) is 9.20. The van der Waals surface area contributed by atoms with Crippen molar-refractivity contribution >= 4 is 5.97 Å². The Kier molecular flexibility index (Phi) is 3.92. The van der Waals surface area contributed by atoms with Crippen LogP contribution in [0.15, 0.2) is 36.5 Å². The molecule has 0 aliphatic carbocycles. The zero-order valence-electron chi connectivity index (χ0n) is 10.2. The minimum Gasteiger partial charge on any atom is -0.497 e. The number of methoxy groups -OCH3 is 1. The average molecular weight is 260 g/mol. The number of carboxylic acid groups (broad SMARTS) is 1. The summed E-state index contributed by atoms with van der Waals surface area (Å²) in [5.74, 6) is -0.396. The molecule has 2 aromatic rings. The SMILES string of the molecule is COc1cccc(COc2nnccc2C(=O)O)c1. The molecule has 0 fully saturated rings. The summed E-state index contributed by atoms with van der Waals surface area (Å²) in [4.78, 5) is 11.0. The lowest BCUT2D eigenvalue weighted by atomic mass is 10.2. The molecular formula is C13H12N2O4. The first-order valence-corrected chi connectivity index (χ1v) is 5.51. The van der Waals surface area contributed by atoms with E-state index in [9.17, 15) is 4.79 Å². The van der Waals surface area contributed by atoms with Crippen LogP contribution < -0.4 is 9.47 Å². The standard InChI is InChI=1S/C13H12N2O4/c1-18-10-4-2-3-9(7-10)8-19-12-11(13(16)17)5-6-14-15-12/h2-7H,8H2,1H3,(H,16,17). The normalized spacial score (nSPS) is 9.95. The van der Waals surface area contributed by atoms with Gasteiger partial charge in [-0.2, -0.15) is 5.10 Å². The summed E-state index contributed by atoms with van der Waals surface area (Å²) < 4.78 is 10.5. The van der Waals surface area contributed by atoms with Gasteiger partial charge in [0.25, 0.3) is 0 Å². The van der Waals surface area contributed by atoms with Crippen molar-refractivity contribution < 1.29 is 19.4 Å². The van der Waals surface area contributed by atoms with Crippen molar-refractivity contribution in [3.63, 3.8) is 0 Å². The van der Waals surface area contributed by atoms with Crippen LogP contribution in [-0.2, 0) is 6.61 Å². The van der Waals surface area contributed by atoms with Gasteiger partial charge in [-0.3, -0.25) is 0 Å². The van der Waals surface area contributed by atoms with Crippen LogP contribution in [0, 0.1) is 0 Å². The van der Waals surface area contributed by atoms with Crippen LogP contribution in [0.4, 0.5) is 0 Å². The van der Waals surface area contributed by atoms with E-state index in [1.807, 2.05) is 18.2 Å². The van der Waals surface area contributed by atoms with Gasteiger partial charge in [-0.05, 0) is 23.8 Å². The third kappa shape index (κ3) is 3.19. The average Bonchev–Trinajstić information content (AvgIpc) is 2.45. The molecular weight excluding hydrogens is 248 g/mol. The third-order valence-corrected chi connectivity index (χ3v) is 2.43. The number of benzene rings is 1. The number of hydrogen-bond acceptors (Lipinski definition) is 5. The fourth-order valence-corrected chi connectivity index (χ4v) is 1.50. The van der Waals surface area contributed by atoms with Crippen molar-refractivity contribution in [2.75, 3.05) is 7.11 Å². The molecule has 0 amide bonds. The van der Waals surface area contributed by atoms with Crippen LogP contribution in [0.1, 0.15) is 15.9 Å². The Morgan fingerprint density at radius 1 is 1.37 bits per heavy atom. The van der Waals surface area contributed by atoms with E-state index in [0.717, 1.165) is 5.56 Å². The number of carboxylic acids is 1. The van der Waals surface area contributed by atoms with Gasteiger partial charge in [0, 0.05) is 0 Å². The summed E-state index contributed by atoms with van der Waals surface area (Å²) in [6.45, 7) is 0.191. The van der Waals surface area contributed by atoms with E-state index in [0.29, 0.717) is 5.75 Å². The smallest absolute Gasteiger partial charge is 0.341 e. The molecule has 0 unspecified atom stereocenters. The molecule has 0 aliphatic heterocycles. The van der Waals surface area contributed by atoms with Gasteiger partial charge >= 0.3 is 5.97 Å². The minimum absolute atomic E-state index is 0.00202. The predicted molar refractivity (Wildman–Crippen MR) is 66.3 cm³/mol. The second-order valence-electron chi connectivity index (χ2n) is 3.70. The highest BCUT2D eigenvalue weighted by molar-refractivity contribution is 5.89. The maximum atomic E-state index is 11.0. The second-order valence-corrected chi connectivity index (χ2v) is 3.70. The molecule has 2 rings (SSSR count). The molecule has 6 nitrogen and oxygen atoms in total. The molecule has 0 aliphatic rings. The Hall–Kier alpha value is -2.63. The van der Waals surface area contributed by atoms with Gasteiger partial charge in [-0.15, -0.1) is 5.10 Å². The zero-order valence-corrected chi connectivity index (χ0v) is 10.2. The molecule has 0 atom stereocenters. The van der Waals surface area contributed by atoms with E-state index in [-0.39, 0.29) is 18.1 Å². The van der Waals surface area contributed by atoms with Crippen molar-refractivity contribution in [3.8, 4) is 11.6 Å².